The van der Waals surface area contributed by atoms with Crippen molar-refractivity contribution in [3.05, 3.63) is 47.9 Å². The van der Waals surface area contributed by atoms with Gasteiger partial charge in [0.25, 0.3) is 0 Å². The molecule has 0 saturated carbocycles. The first-order valence-electron chi connectivity index (χ1n) is 9.54. The van der Waals surface area contributed by atoms with Gasteiger partial charge < -0.3 is 20.6 Å². The summed E-state index contributed by atoms with van der Waals surface area (Å²) in [7, 11) is 0. The van der Waals surface area contributed by atoms with Crippen molar-refractivity contribution < 1.29 is 9.50 Å². The van der Waals surface area contributed by atoms with Crippen LogP contribution in [0.5, 0.6) is 5.75 Å². The summed E-state index contributed by atoms with van der Waals surface area (Å²) in [6, 6.07) is 8.55. The van der Waals surface area contributed by atoms with E-state index in [1.165, 1.54) is 6.07 Å². The molecule has 0 bridgehead atoms. The fourth-order valence-corrected chi connectivity index (χ4v) is 3.61. The van der Waals surface area contributed by atoms with Crippen LogP contribution in [0.15, 0.2) is 36.5 Å². The summed E-state index contributed by atoms with van der Waals surface area (Å²) in [5.41, 5.74) is 2.68. The zero-order chi connectivity index (χ0) is 19.7. The van der Waals surface area contributed by atoms with Crippen LogP contribution in [0.3, 0.4) is 0 Å². The first kappa shape index (κ1) is 18.4. The van der Waals surface area contributed by atoms with Crippen LogP contribution >= 0.6 is 0 Å². The lowest BCUT2D eigenvalue weighted by atomic mass is 9.99. The van der Waals surface area contributed by atoms with Gasteiger partial charge in [-0.2, -0.15) is 0 Å². The van der Waals surface area contributed by atoms with Gasteiger partial charge in [0.05, 0.1) is 11.2 Å². The number of phenols is 1. The summed E-state index contributed by atoms with van der Waals surface area (Å²) in [4.78, 5) is 10.9. The fourth-order valence-electron chi connectivity index (χ4n) is 3.61. The van der Waals surface area contributed by atoms with E-state index >= 15 is 0 Å². The molecule has 6 nitrogen and oxygen atoms in total. The van der Waals surface area contributed by atoms with Gasteiger partial charge in [0.15, 0.2) is 0 Å². The summed E-state index contributed by atoms with van der Waals surface area (Å²) in [6.07, 6.45) is 1.71. The lowest BCUT2D eigenvalue weighted by molar-refractivity contribution is 0.466. The summed E-state index contributed by atoms with van der Waals surface area (Å²) in [5, 5.41) is 17.4. The number of hydrogen-bond donors (Lipinski definition) is 3. The molecule has 4 rings (SSSR count). The van der Waals surface area contributed by atoms with E-state index in [0.717, 1.165) is 37.1 Å². The number of piperazine rings is 1. The maximum absolute atomic E-state index is 14.6. The smallest absolute Gasteiger partial charge is 0.227 e. The van der Waals surface area contributed by atoms with Crippen LogP contribution in [0, 0.1) is 5.82 Å². The van der Waals surface area contributed by atoms with Crippen LogP contribution in [0.25, 0.3) is 10.9 Å². The minimum Gasteiger partial charge on any atom is -0.508 e. The topological polar surface area (TPSA) is 73.3 Å². The molecule has 0 amide bonds. The van der Waals surface area contributed by atoms with Gasteiger partial charge >= 0.3 is 0 Å². The second-order valence-electron chi connectivity index (χ2n) is 7.31. The highest BCUT2D eigenvalue weighted by Crippen LogP contribution is 2.32. The molecule has 3 aromatic rings. The highest BCUT2D eigenvalue weighted by Gasteiger charge is 2.16. The van der Waals surface area contributed by atoms with Gasteiger partial charge in [0.1, 0.15) is 11.6 Å². The van der Waals surface area contributed by atoms with E-state index in [2.05, 4.69) is 20.6 Å². The van der Waals surface area contributed by atoms with Gasteiger partial charge in [-0.15, -0.1) is 0 Å². The molecular formula is C21H24FN5O. The molecule has 1 aromatic heterocycles. The molecule has 0 aliphatic carbocycles. The molecule has 3 N–H and O–H groups in total. The van der Waals surface area contributed by atoms with Crippen LogP contribution in [-0.4, -0.2) is 41.3 Å². The molecule has 1 aliphatic rings. The zero-order valence-electron chi connectivity index (χ0n) is 16.0. The van der Waals surface area contributed by atoms with Gasteiger partial charge in [0.2, 0.25) is 5.95 Å². The Bertz CT molecular complexity index is 1000. The third kappa shape index (κ3) is 3.57. The number of aromatic nitrogens is 2. The van der Waals surface area contributed by atoms with E-state index in [1.54, 1.807) is 24.4 Å². The lowest BCUT2D eigenvalue weighted by Crippen LogP contribution is -2.43. The number of aromatic hydroxyl groups is 1. The van der Waals surface area contributed by atoms with Gasteiger partial charge in [-0.1, -0.05) is 13.8 Å². The molecular weight excluding hydrogens is 357 g/mol. The van der Waals surface area contributed by atoms with Gasteiger partial charge in [-0.25, -0.2) is 14.4 Å². The average molecular weight is 381 g/mol. The number of nitrogens with zero attached hydrogens (tertiary/aromatic N) is 3. The van der Waals surface area contributed by atoms with E-state index in [0.29, 0.717) is 22.8 Å². The molecule has 2 heterocycles. The summed E-state index contributed by atoms with van der Waals surface area (Å²) < 4.78 is 14.6. The zero-order valence-corrected chi connectivity index (χ0v) is 16.0. The number of rotatable bonds is 4. The maximum atomic E-state index is 14.6. The second kappa shape index (κ2) is 7.59. The number of fused-ring (bicyclic) bond motifs is 1. The summed E-state index contributed by atoms with van der Waals surface area (Å²) in [5.74, 6) is 0.434. The SMILES string of the molecule is CC(C)c1c(O)ccc2cnc(Nc3ccc(N4CCNCC4)c(F)c3)nc12. The molecule has 7 heteroatoms. The largest absolute Gasteiger partial charge is 0.508 e. The average Bonchev–Trinajstić information content (AvgIpc) is 2.68. The van der Waals surface area contributed by atoms with Gasteiger partial charge in [-0.05, 0) is 36.2 Å². The lowest BCUT2D eigenvalue weighted by Gasteiger charge is -2.29. The van der Waals surface area contributed by atoms with Crippen molar-refractivity contribution in [3.63, 3.8) is 0 Å². The number of hydrogen-bond acceptors (Lipinski definition) is 6. The van der Waals surface area contributed by atoms with Crippen LogP contribution in [0.1, 0.15) is 25.3 Å². The number of phenolic OH excluding ortho intramolecular Hbond substituents is 1. The number of nitrogens with one attached hydrogen (secondary N) is 2. The van der Waals surface area contributed by atoms with Crippen molar-refractivity contribution in [2.45, 2.75) is 19.8 Å². The molecule has 2 aromatic carbocycles. The summed E-state index contributed by atoms with van der Waals surface area (Å²) in [6.45, 7) is 7.31. The molecule has 146 valence electrons. The normalized spacial score (nSPS) is 14.6. The Morgan fingerprint density at radius 2 is 1.96 bits per heavy atom. The second-order valence-corrected chi connectivity index (χ2v) is 7.31. The van der Waals surface area contributed by atoms with Crippen molar-refractivity contribution in [1.82, 2.24) is 15.3 Å². The summed E-state index contributed by atoms with van der Waals surface area (Å²) >= 11 is 0. The Labute approximate surface area is 163 Å². The third-order valence-electron chi connectivity index (χ3n) is 5.01. The molecule has 0 atom stereocenters. The Morgan fingerprint density at radius 3 is 2.68 bits per heavy atom. The van der Waals surface area contributed by atoms with Crippen LogP contribution in [-0.2, 0) is 0 Å². The molecule has 0 spiro atoms. The predicted molar refractivity (Wildman–Crippen MR) is 110 cm³/mol. The van der Waals surface area contributed by atoms with Crippen molar-refractivity contribution in [3.8, 4) is 5.75 Å². The molecule has 1 aliphatic heterocycles. The molecule has 1 saturated heterocycles. The Balaban J connectivity index is 1.63. The van der Waals surface area contributed by atoms with Gasteiger partial charge in [0, 0.05) is 49.0 Å². The minimum absolute atomic E-state index is 0.113. The Kier molecular flexibility index (Phi) is 5.00. The van der Waals surface area contributed by atoms with Crippen molar-refractivity contribution >= 4 is 28.2 Å². The van der Waals surface area contributed by atoms with E-state index < -0.39 is 0 Å². The number of halogens is 1. The first-order valence-corrected chi connectivity index (χ1v) is 9.54. The van der Waals surface area contributed by atoms with E-state index in [9.17, 15) is 9.50 Å². The number of benzene rings is 2. The van der Waals surface area contributed by atoms with Crippen molar-refractivity contribution in [1.29, 1.82) is 0 Å². The monoisotopic (exact) mass is 381 g/mol. The maximum Gasteiger partial charge on any atom is 0.227 e. The molecule has 0 radical (unpaired) electrons. The van der Waals surface area contributed by atoms with Gasteiger partial charge in [-0.3, -0.25) is 0 Å². The number of anilines is 3. The predicted octanol–water partition coefficient (Wildman–Crippen LogP) is 3.75. The highest BCUT2D eigenvalue weighted by atomic mass is 19.1. The standard InChI is InChI=1S/C21H24FN5O/c1-13(2)19-18(28)6-3-14-12-24-21(26-20(14)19)25-15-4-5-17(16(22)11-15)27-9-7-23-8-10-27/h3-6,11-13,23,28H,7-10H2,1-2H3,(H,24,25,26). The van der Waals surface area contributed by atoms with Crippen molar-refractivity contribution in [2.24, 2.45) is 0 Å². The van der Waals surface area contributed by atoms with Crippen molar-refractivity contribution in [2.75, 3.05) is 36.4 Å². The Morgan fingerprint density at radius 1 is 1.18 bits per heavy atom. The van der Waals surface area contributed by atoms with Crippen LogP contribution < -0.4 is 15.5 Å². The van der Waals surface area contributed by atoms with Crippen LogP contribution in [0.2, 0.25) is 0 Å². The fraction of sp³-hybridized carbons (Fsp3) is 0.333. The van der Waals surface area contributed by atoms with E-state index in [1.807, 2.05) is 24.8 Å². The molecule has 28 heavy (non-hydrogen) atoms. The van der Waals surface area contributed by atoms with E-state index in [4.69, 9.17) is 0 Å². The molecule has 0 unspecified atom stereocenters. The van der Waals surface area contributed by atoms with E-state index in [-0.39, 0.29) is 17.5 Å². The van der Waals surface area contributed by atoms with Crippen LogP contribution in [0.4, 0.5) is 21.7 Å². The first-order chi connectivity index (χ1) is 13.5. The highest BCUT2D eigenvalue weighted by molar-refractivity contribution is 5.85. The minimum atomic E-state index is -0.270. The third-order valence-corrected chi connectivity index (χ3v) is 5.01. The molecule has 1 fully saturated rings. The Hall–Kier alpha value is -2.93. The quantitative estimate of drug-likeness (QED) is 0.639.